The molecule has 0 unspecified atom stereocenters. The molecule has 1 aliphatic heterocycles. The third kappa shape index (κ3) is 4.14. The fourth-order valence-corrected chi connectivity index (χ4v) is 5.55. The largest absolute Gasteiger partial charge is 0.382 e. The van der Waals surface area contributed by atoms with Crippen molar-refractivity contribution in [3.8, 4) is 0 Å². The summed E-state index contributed by atoms with van der Waals surface area (Å²) in [6.07, 6.45) is 3.69. The van der Waals surface area contributed by atoms with Gasteiger partial charge in [-0.3, -0.25) is 0 Å². The Morgan fingerprint density at radius 2 is 1.97 bits per heavy atom. The second-order valence-electron chi connectivity index (χ2n) is 7.68. The average Bonchev–Trinajstić information content (AvgIpc) is 3.26. The molecule has 30 heavy (non-hydrogen) atoms. The molecule has 0 spiro atoms. The maximum Gasteiger partial charge on any atom is 0.214 e. The molecule has 1 saturated heterocycles. The molecule has 1 aliphatic rings. The van der Waals surface area contributed by atoms with Crippen LogP contribution in [0.2, 0.25) is 0 Å². The number of sulfonamides is 1. The number of hydrogen-bond acceptors (Lipinski definition) is 6. The van der Waals surface area contributed by atoms with E-state index in [0.717, 1.165) is 47.0 Å². The van der Waals surface area contributed by atoms with Gasteiger partial charge in [0.2, 0.25) is 10.0 Å². The lowest BCUT2D eigenvalue weighted by Crippen LogP contribution is -2.29. The van der Waals surface area contributed by atoms with Gasteiger partial charge >= 0.3 is 0 Å². The maximum atomic E-state index is 11.9. The van der Waals surface area contributed by atoms with Gasteiger partial charge in [-0.25, -0.2) is 18.4 Å². The van der Waals surface area contributed by atoms with Gasteiger partial charge in [0, 0.05) is 31.4 Å². The number of nitrogen functional groups attached to an aromatic ring is 1. The summed E-state index contributed by atoms with van der Waals surface area (Å²) in [6.45, 7) is 4.67. The Morgan fingerprint density at radius 3 is 2.73 bits per heavy atom. The van der Waals surface area contributed by atoms with Gasteiger partial charge in [0.05, 0.1) is 30.0 Å². The quantitative estimate of drug-likeness (QED) is 0.522. The highest BCUT2D eigenvalue weighted by atomic mass is 32.2. The lowest BCUT2D eigenvalue weighted by atomic mass is 10.2. The van der Waals surface area contributed by atoms with Crippen LogP contribution in [-0.4, -0.2) is 59.3 Å². The minimum Gasteiger partial charge on any atom is -0.382 e. The Bertz CT molecular complexity index is 1140. The molecule has 1 fully saturated rings. The zero-order valence-corrected chi connectivity index (χ0v) is 18.2. The molecule has 0 radical (unpaired) electrons. The number of aromatic nitrogens is 3. The molecule has 1 aromatic carbocycles. The summed E-state index contributed by atoms with van der Waals surface area (Å²) in [4.78, 5) is 9.33. The van der Waals surface area contributed by atoms with E-state index < -0.39 is 10.0 Å². The summed E-state index contributed by atoms with van der Waals surface area (Å²) in [5.74, 6) is 1.68. The molecule has 4 rings (SSSR count). The minimum absolute atomic E-state index is 0.247. The van der Waals surface area contributed by atoms with Gasteiger partial charge in [-0.05, 0) is 18.9 Å². The lowest BCUT2D eigenvalue weighted by molar-refractivity contribution is 0.117. The van der Waals surface area contributed by atoms with Crippen molar-refractivity contribution in [3.63, 3.8) is 0 Å². The zero-order valence-electron chi connectivity index (χ0n) is 17.4. The number of ether oxygens (including phenoxy) is 1. The van der Waals surface area contributed by atoms with Crippen LogP contribution in [0.4, 0.5) is 5.82 Å². The fourth-order valence-electron chi connectivity index (χ4n) is 4.04. The van der Waals surface area contributed by atoms with Gasteiger partial charge in [0.25, 0.3) is 0 Å². The molecule has 2 N–H and O–H groups in total. The van der Waals surface area contributed by atoms with Crippen LogP contribution in [-0.2, 0) is 27.7 Å². The van der Waals surface area contributed by atoms with E-state index >= 15 is 0 Å². The van der Waals surface area contributed by atoms with Crippen molar-refractivity contribution in [3.05, 3.63) is 30.1 Å². The monoisotopic (exact) mass is 431 g/mol. The summed E-state index contributed by atoms with van der Waals surface area (Å²) >= 11 is 0. The second kappa shape index (κ2) is 8.87. The summed E-state index contributed by atoms with van der Waals surface area (Å²) < 4.78 is 33.3. The molecule has 162 valence electrons. The number of pyridine rings is 1. The highest BCUT2D eigenvalue weighted by Gasteiger charge is 2.27. The van der Waals surface area contributed by atoms with Crippen molar-refractivity contribution in [1.29, 1.82) is 0 Å². The van der Waals surface area contributed by atoms with Gasteiger partial charge in [0.1, 0.15) is 11.3 Å². The zero-order chi connectivity index (χ0) is 21.1. The Morgan fingerprint density at radius 1 is 1.17 bits per heavy atom. The second-order valence-corrected chi connectivity index (χ2v) is 9.76. The van der Waals surface area contributed by atoms with E-state index in [0.29, 0.717) is 45.1 Å². The molecule has 3 heterocycles. The molecular formula is C21H29N5O3S. The number of imidazole rings is 1. The number of para-hydroxylation sites is 1. The van der Waals surface area contributed by atoms with Crippen LogP contribution in [0.3, 0.4) is 0 Å². The number of hydrogen-bond donors (Lipinski definition) is 1. The van der Waals surface area contributed by atoms with Crippen LogP contribution in [0.15, 0.2) is 24.3 Å². The molecule has 8 nitrogen and oxygen atoms in total. The Hall–Kier alpha value is -2.23. The van der Waals surface area contributed by atoms with E-state index in [1.807, 2.05) is 24.3 Å². The van der Waals surface area contributed by atoms with Crippen LogP contribution in [0.5, 0.6) is 0 Å². The van der Waals surface area contributed by atoms with E-state index in [-0.39, 0.29) is 5.75 Å². The molecular weight excluding hydrogens is 402 g/mol. The number of fused-ring (bicyclic) bond motifs is 3. The maximum absolute atomic E-state index is 11.9. The Kier molecular flexibility index (Phi) is 6.21. The first-order chi connectivity index (χ1) is 14.5. The molecule has 0 aliphatic carbocycles. The van der Waals surface area contributed by atoms with Crippen LogP contribution in [0.25, 0.3) is 21.9 Å². The minimum atomic E-state index is -3.08. The van der Waals surface area contributed by atoms with Crippen LogP contribution in [0, 0.1) is 0 Å². The first-order valence-electron chi connectivity index (χ1n) is 10.6. The van der Waals surface area contributed by atoms with Crippen molar-refractivity contribution < 1.29 is 13.2 Å². The van der Waals surface area contributed by atoms with Crippen LogP contribution >= 0.6 is 0 Å². The molecule has 2 aromatic heterocycles. The Labute approximate surface area is 177 Å². The van der Waals surface area contributed by atoms with Crippen molar-refractivity contribution in [2.45, 2.75) is 39.2 Å². The number of nitrogens with two attached hydrogens (primary N) is 1. The molecule has 0 saturated carbocycles. The van der Waals surface area contributed by atoms with E-state index in [4.69, 9.17) is 15.5 Å². The van der Waals surface area contributed by atoms with E-state index in [1.165, 1.54) is 4.31 Å². The SMILES string of the molecule is CCCCc1nc2c(N)nc3ccccc3c2n1CCOCCN1CCCS1(=O)=O. The first-order valence-corrected chi connectivity index (χ1v) is 12.2. The van der Waals surface area contributed by atoms with Gasteiger partial charge in [0.15, 0.2) is 5.82 Å². The van der Waals surface area contributed by atoms with Crippen molar-refractivity contribution >= 4 is 37.8 Å². The number of aryl methyl sites for hydroxylation is 1. The predicted octanol–water partition coefficient (Wildman–Crippen LogP) is 2.56. The first kappa shape index (κ1) is 21.0. The number of anilines is 1. The summed E-state index contributed by atoms with van der Waals surface area (Å²) in [5, 5.41) is 1.03. The van der Waals surface area contributed by atoms with Gasteiger partial charge in [-0.1, -0.05) is 31.5 Å². The van der Waals surface area contributed by atoms with Crippen molar-refractivity contribution in [1.82, 2.24) is 18.8 Å². The van der Waals surface area contributed by atoms with Crippen LogP contribution in [0.1, 0.15) is 32.0 Å². The number of unbranched alkanes of at least 4 members (excludes halogenated alkanes) is 1. The molecule has 0 atom stereocenters. The average molecular weight is 432 g/mol. The van der Waals surface area contributed by atoms with Gasteiger partial charge in [-0.2, -0.15) is 4.31 Å². The fraction of sp³-hybridized carbons (Fsp3) is 0.524. The number of rotatable bonds is 9. The summed E-state index contributed by atoms with van der Waals surface area (Å²) in [7, 11) is -3.08. The number of nitrogens with zero attached hydrogens (tertiary/aromatic N) is 4. The molecule has 9 heteroatoms. The molecule has 3 aromatic rings. The normalized spacial score (nSPS) is 16.7. The lowest BCUT2D eigenvalue weighted by Gasteiger charge is -2.15. The van der Waals surface area contributed by atoms with Crippen molar-refractivity contribution in [2.24, 2.45) is 0 Å². The van der Waals surface area contributed by atoms with Gasteiger partial charge < -0.3 is 15.0 Å². The van der Waals surface area contributed by atoms with E-state index in [9.17, 15) is 8.42 Å². The molecule has 0 amide bonds. The number of benzene rings is 1. The third-order valence-corrected chi connectivity index (χ3v) is 7.55. The van der Waals surface area contributed by atoms with E-state index in [1.54, 1.807) is 0 Å². The standard InChI is InChI=1S/C21H29N5O3S/c1-2-3-9-18-24-19-20(16-7-4-5-8-17(16)23-21(19)22)26(18)12-14-29-13-11-25-10-6-15-30(25,27)28/h4-5,7-8H,2-3,6,9-15H2,1H3,(H2,22,23). The smallest absolute Gasteiger partial charge is 0.214 e. The Balaban J connectivity index is 1.54. The van der Waals surface area contributed by atoms with Crippen molar-refractivity contribution in [2.75, 3.05) is 37.8 Å². The highest BCUT2D eigenvalue weighted by molar-refractivity contribution is 7.89. The van der Waals surface area contributed by atoms with E-state index in [2.05, 4.69) is 16.5 Å². The predicted molar refractivity (Wildman–Crippen MR) is 119 cm³/mol. The topological polar surface area (TPSA) is 103 Å². The molecule has 0 bridgehead atoms. The summed E-state index contributed by atoms with van der Waals surface area (Å²) in [5.41, 5.74) is 8.81. The summed E-state index contributed by atoms with van der Waals surface area (Å²) in [6, 6.07) is 7.96. The third-order valence-electron chi connectivity index (χ3n) is 5.59. The highest BCUT2D eigenvalue weighted by Crippen LogP contribution is 2.29. The van der Waals surface area contributed by atoms with Crippen LogP contribution < -0.4 is 5.73 Å². The van der Waals surface area contributed by atoms with Gasteiger partial charge in [-0.15, -0.1) is 0 Å².